The molecule has 0 saturated carbocycles. The van der Waals surface area contributed by atoms with Crippen LogP contribution in [0.15, 0.2) is 42.5 Å². The molecule has 2 aromatic carbocycles. The van der Waals surface area contributed by atoms with Gasteiger partial charge in [-0.05, 0) is 47.2 Å². The average Bonchev–Trinajstić information content (AvgIpc) is 2.82. The van der Waals surface area contributed by atoms with Crippen molar-refractivity contribution < 1.29 is 19.7 Å². The minimum absolute atomic E-state index is 0.0104. The van der Waals surface area contributed by atoms with E-state index in [1.807, 2.05) is 30.3 Å². The maximum absolute atomic E-state index is 11.8. The fraction of sp³-hybridized carbons (Fsp3) is 0.278. The van der Waals surface area contributed by atoms with E-state index >= 15 is 0 Å². The number of hydrogen-bond donors (Lipinski definition) is 2. The van der Waals surface area contributed by atoms with Gasteiger partial charge in [0.05, 0.1) is 12.7 Å². The van der Waals surface area contributed by atoms with E-state index in [0.717, 1.165) is 16.7 Å². The summed E-state index contributed by atoms with van der Waals surface area (Å²) in [5, 5.41) is 20.4. The second kappa shape index (κ2) is 5.55. The number of carbonyl (C=O) groups is 1. The quantitative estimate of drug-likeness (QED) is 0.851. The van der Waals surface area contributed by atoms with Crippen LogP contribution in [0.1, 0.15) is 34.3 Å². The van der Waals surface area contributed by atoms with Crippen molar-refractivity contribution in [1.82, 2.24) is 0 Å². The number of hydrogen-bond acceptors (Lipinski definition) is 4. The monoisotopic (exact) mass is 298 g/mol. The fourth-order valence-electron chi connectivity index (χ4n) is 3.19. The number of benzene rings is 2. The lowest BCUT2D eigenvalue weighted by Gasteiger charge is -2.25. The molecule has 2 aromatic rings. The Morgan fingerprint density at radius 3 is 2.59 bits per heavy atom. The lowest BCUT2D eigenvalue weighted by atomic mass is 9.86. The third-order valence-corrected chi connectivity index (χ3v) is 4.25. The van der Waals surface area contributed by atoms with E-state index < -0.39 is 11.6 Å². The van der Waals surface area contributed by atoms with Crippen LogP contribution in [0.25, 0.3) is 11.1 Å². The zero-order chi connectivity index (χ0) is 15.7. The second-order valence-corrected chi connectivity index (χ2v) is 5.48. The molecule has 0 aromatic heterocycles. The van der Waals surface area contributed by atoms with E-state index in [2.05, 4.69) is 0 Å². The van der Waals surface area contributed by atoms with Crippen molar-refractivity contribution in [2.24, 2.45) is 0 Å². The molecule has 0 spiro atoms. The molecule has 1 unspecified atom stereocenters. The van der Waals surface area contributed by atoms with E-state index in [1.165, 1.54) is 7.11 Å². The van der Waals surface area contributed by atoms with Crippen molar-refractivity contribution in [3.63, 3.8) is 0 Å². The number of carbonyl (C=O) groups excluding carboxylic acids is 1. The zero-order valence-corrected chi connectivity index (χ0v) is 12.4. The largest absolute Gasteiger partial charge is 0.465 e. The molecular weight excluding hydrogens is 280 g/mol. The predicted molar refractivity (Wildman–Crippen MR) is 82.5 cm³/mol. The number of esters is 1. The Labute approximate surface area is 129 Å². The van der Waals surface area contributed by atoms with Crippen LogP contribution in [0.5, 0.6) is 0 Å². The van der Waals surface area contributed by atoms with Crippen LogP contribution in [-0.4, -0.2) is 29.9 Å². The first-order valence-corrected chi connectivity index (χ1v) is 7.28. The highest BCUT2D eigenvalue weighted by molar-refractivity contribution is 5.92. The van der Waals surface area contributed by atoms with Gasteiger partial charge in [0.15, 0.2) is 0 Å². The summed E-state index contributed by atoms with van der Waals surface area (Å²) in [5.41, 5.74) is 2.64. The SMILES string of the molecule is COC(=O)c1ccc2c(c1)C(O)(CCCO)c1ccccc1-2. The van der Waals surface area contributed by atoms with Crippen LogP contribution in [0.2, 0.25) is 0 Å². The van der Waals surface area contributed by atoms with Crippen LogP contribution < -0.4 is 0 Å². The number of aliphatic hydroxyl groups excluding tert-OH is 1. The molecule has 4 nitrogen and oxygen atoms in total. The van der Waals surface area contributed by atoms with E-state index in [0.29, 0.717) is 24.0 Å². The first-order chi connectivity index (χ1) is 10.6. The molecule has 0 fully saturated rings. The summed E-state index contributed by atoms with van der Waals surface area (Å²) in [6.07, 6.45) is 0.880. The third kappa shape index (κ3) is 2.12. The molecule has 0 aliphatic heterocycles. The third-order valence-electron chi connectivity index (χ3n) is 4.25. The lowest BCUT2D eigenvalue weighted by molar-refractivity contribution is 0.0595. The van der Waals surface area contributed by atoms with Crippen LogP contribution in [0.3, 0.4) is 0 Å². The predicted octanol–water partition coefficient (Wildman–Crippen LogP) is 2.46. The first-order valence-electron chi connectivity index (χ1n) is 7.28. The van der Waals surface area contributed by atoms with Gasteiger partial charge in [-0.3, -0.25) is 0 Å². The first kappa shape index (κ1) is 14.8. The van der Waals surface area contributed by atoms with Gasteiger partial charge in [0.1, 0.15) is 5.60 Å². The maximum Gasteiger partial charge on any atom is 0.337 e. The normalized spacial score (nSPS) is 18.7. The molecule has 4 heteroatoms. The Bertz CT molecular complexity index is 723. The van der Waals surface area contributed by atoms with Crippen molar-refractivity contribution in [3.05, 3.63) is 59.2 Å². The van der Waals surface area contributed by atoms with Crippen molar-refractivity contribution >= 4 is 5.97 Å². The summed E-state index contributed by atoms with van der Waals surface area (Å²) in [7, 11) is 1.34. The molecule has 0 saturated heterocycles. The number of aliphatic hydroxyl groups is 2. The summed E-state index contributed by atoms with van der Waals surface area (Å²) in [4.78, 5) is 11.8. The highest BCUT2D eigenvalue weighted by Gasteiger charge is 2.41. The van der Waals surface area contributed by atoms with Crippen LogP contribution in [-0.2, 0) is 10.3 Å². The summed E-state index contributed by atoms with van der Waals surface area (Å²) in [6, 6.07) is 12.9. The molecule has 0 bridgehead atoms. The molecular formula is C18H18O4. The van der Waals surface area contributed by atoms with Crippen LogP contribution in [0.4, 0.5) is 0 Å². The highest BCUT2D eigenvalue weighted by Crippen LogP contribution is 2.49. The van der Waals surface area contributed by atoms with E-state index in [9.17, 15) is 9.90 Å². The summed E-state index contributed by atoms with van der Waals surface area (Å²) < 4.78 is 4.76. The fourth-order valence-corrected chi connectivity index (χ4v) is 3.19. The Kier molecular flexibility index (Phi) is 3.72. The minimum atomic E-state index is -1.18. The van der Waals surface area contributed by atoms with Crippen LogP contribution in [0, 0.1) is 0 Å². The molecule has 22 heavy (non-hydrogen) atoms. The average molecular weight is 298 g/mol. The molecule has 0 heterocycles. The second-order valence-electron chi connectivity index (χ2n) is 5.48. The Balaban J connectivity index is 2.18. The standard InChI is InChI=1S/C18H18O4/c1-22-17(20)12-7-8-14-13-5-2-3-6-15(13)18(21,9-4-10-19)16(14)11-12/h2-3,5-8,11,19,21H,4,9-10H2,1H3. The van der Waals surface area contributed by atoms with Crippen molar-refractivity contribution in [2.75, 3.05) is 13.7 Å². The Morgan fingerprint density at radius 2 is 1.86 bits per heavy atom. The summed E-state index contributed by atoms with van der Waals surface area (Å²) in [5.74, 6) is -0.428. The van der Waals surface area contributed by atoms with Gasteiger partial charge in [0.2, 0.25) is 0 Å². The van der Waals surface area contributed by atoms with E-state index in [1.54, 1.807) is 12.1 Å². The molecule has 1 aliphatic carbocycles. The number of rotatable bonds is 4. The molecule has 0 amide bonds. The van der Waals surface area contributed by atoms with Gasteiger partial charge in [0, 0.05) is 6.61 Å². The van der Waals surface area contributed by atoms with Gasteiger partial charge < -0.3 is 14.9 Å². The van der Waals surface area contributed by atoms with Crippen molar-refractivity contribution in [2.45, 2.75) is 18.4 Å². The van der Waals surface area contributed by atoms with Gasteiger partial charge in [-0.2, -0.15) is 0 Å². The molecule has 3 rings (SSSR count). The van der Waals surface area contributed by atoms with Gasteiger partial charge in [-0.25, -0.2) is 4.79 Å². The van der Waals surface area contributed by atoms with Gasteiger partial charge >= 0.3 is 5.97 Å². The Hall–Kier alpha value is -2.17. The van der Waals surface area contributed by atoms with E-state index in [4.69, 9.17) is 9.84 Å². The van der Waals surface area contributed by atoms with E-state index in [-0.39, 0.29) is 6.61 Å². The molecule has 114 valence electrons. The molecule has 0 radical (unpaired) electrons. The zero-order valence-electron chi connectivity index (χ0n) is 12.4. The molecule has 1 aliphatic rings. The van der Waals surface area contributed by atoms with Gasteiger partial charge in [-0.15, -0.1) is 0 Å². The summed E-state index contributed by atoms with van der Waals surface area (Å²) in [6.45, 7) is 0.0104. The highest BCUT2D eigenvalue weighted by atomic mass is 16.5. The molecule has 2 N–H and O–H groups in total. The van der Waals surface area contributed by atoms with Crippen molar-refractivity contribution in [1.29, 1.82) is 0 Å². The number of fused-ring (bicyclic) bond motifs is 3. The van der Waals surface area contributed by atoms with Gasteiger partial charge in [-0.1, -0.05) is 30.3 Å². The summed E-state index contributed by atoms with van der Waals surface area (Å²) >= 11 is 0. The van der Waals surface area contributed by atoms with Crippen LogP contribution >= 0.6 is 0 Å². The lowest BCUT2D eigenvalue weighted by Crippen LogP contribution is -2.25. The van der Waals surface area contributed by atoms with Crippen molar-refractivity contribution in [3.8, 4) is 11.1 Å². The topological polar surface area (TPSA) is 66.8 Å². The molecule has 1 atom stereocenters. The maximum atomic E-state index is 11.8. The smallest absolute Gasteiger partial charge is 0.337 e. The Morgan fingerprint density at radius 1 is 1.14 bits per heavy atom. The number of ether oxygens (including phenoxy) is 1. The number of methoxy groups -OCH3 is 1. The van der Waals surface area contributed by atoms with Gasteiger partial charge in [0.25, 0.3) is 0 Å². The minimum Gasteiger partial charge on any atom is -0.465 e.